The molecule has 0 radical (unpaired) electrons. The summed E-state index contributed by atoms with van der Waals surface area (Å²) >= 11 is 0. The zero-order valence-corrected chi connectivity index (χ0v) is 10.6. The highest BCUT2D eigenvalue weighted by molar-refractivity contribution is 5.78. The first-order valence-electron chi connectivity index (χ1n) is 6.41. The maximum atomic E-state index is 11.6. The van der Waals surface area contributed by atoms with Crippen LogP contribution < -0.4 is 0 Å². The third-order valence-electron chi connectivity index (χ3n) is 3.30. The summed E-state index contributed by atoms with van der Waals surface area (Å²) in [5.74, 6) is 1.11. The molecule has 2 aromatic rings. The standard InChI is InChI=1S/C13H15N5O/c19-13-2-1-8-17(13)9-5-12-15-10-16-18(12)11-3-6-14-7-4-11/h3-4,6-7,10H,1-2,5,8-9H2. The van der Waals surface area contributed by atoms with Gasteiger partial charge in [0.05, 0.1) is 5.69 Å². The van der Waals surface area contributed by atoms with E-state index >= 15 is 0 Å². The molecule has 0 bridgehead atoms. The van der Waals surface area contributed by atoms with Gasteiger partial charge in [0.25, 0.3) is 0 Å². The molecule has 1 saturated heterocycles. The van der Waals surface area contributed by atoms with Crippen LogP contribution in [0.2, 0.25) is 0 Å². The summed E-state index contributed by atoms with van der Waals surface area (Å²) in [6.45, 7) is 1.57. The number of carbonyl (C=O) groups excluding carboxylic acids is 1. The molecular formula is C13H15N5O. The van der Waals surface area contributed by atoms with Crippen LogP contribution in [0.15, 0.2) is 30.9 Å². The molecule has 1 aliphatic heterocycles. The maximum Gasteiger partial charge on any atom is 0.222 e. The van der Waals surface area contributed by atoms with Crippen molar-refractivity contribution in [2.45, 2.75) is 19.3 Å². The molecule has 0 atom stereocenters. The van der Waals surface area contributed by atoms with Gasteiger partial charge in [-0.15, -0.1) is 0 Å². The minimum atomic E-state index is 0.245. The van der Waals surface area contributed by atoms with Crippen LogP contribution in [-0.2, 0) is 11.2 Å². The summed E-state index contributed by atoms with van der Waals surface area (Å²) in [6, 6.07) is 3.78. The van der Waals surface area contributed by atoms with Gasteiger partial charge in [-0.3, -0.25) is 9.78 Å². The molecule has 19 heavy (non-hydrogen) atoms. The van der Waals surface area contributed by atoms with Gasteiger partial charge in [0.1, 0.15) is 12.2 Å². The summed E-state index contributed by atoms with van der Waals surface area (Å²) in [4.78, 5) is 21.7. The summed E-state index contributed by atoms with van der Waals surface area (Å²) in [5.41, 5.74) is 0.940. The molecule has 6 heteroatoms. The van der Waals surface area contributed by atoms with Crippen molar-refractivity contribution in [3.63, 3.8) is 0 Å². The van der Waals surface area contributed by atoms with Crippen LogP contribution in [0.5, 0.6) is 0 Å². The minimum Gasteiger partial charge on any atom is -0.342 e. The molecule has 0 saturated carbocycles. The van der Waals surface area contributed by atoms with Gasteiger partial charge in [-0.2, -0.15) is 5.10 Å². The topological polar surface area (TPSA) is 63.9 Å². The van der Waals surface area contributed by atoms with Gasteiger partial charge in [-0.25, -0.2) is 9.67 Å². The van der Waals surface area contributed by atoms with Crippen molar-refractivity contribution in [2.75, 3.05) is 13.1 Å². The van der Waals surface area contributed by atoms with E-state index in [1.807, 2.05) is 17.0 Å². The highest BCUT2D eigenvalue weighted by atomic mass is 16.2. The fourth-order valence-corrected chi connectivity index (χ4v) is 2.31. The van der Waals surface area contributed by atoms with Gasteiger partial charge in [0.2, 0.25) is 5.91 Å². The fourth-order valence-electron chi connectivity index (χ4n) is 2.31. The third-order valence-corrected chi connectivity index (χ3v) is 3.30. The SMILES string of the molecule is O=C1CCCN1CCc1ncnn1-c1ccncc1. The molecular weight excluding hydrogens is 242 g/mol. The number of hydrogen-bond donors (Lipinski definition) is 0. The van der Waals surface area contributed by atoms with Crippen molar-refractivity contribution in [2.24, 2.45) is 0 Å². The lowest BCUT2D eigenvalue weighted by Gasteiger charge is -2.15. The smallest absolute Gasteiger partial charge is 0.222 e. The second-order valence-electron chi connectivity index (χ2n) is 4.53. The molecule has 1 aliphatic rings. The molecule has 1 amide bonds. The van der Waals surface area contributed by atoms with E-state index < -0.39 is 0 Å². The Morgan fingerprint density at radius 1 is 1.26 bits per heavy atom. The van der Waals surface area contributed by atoms with E-state index in [9.17, 15) is 4.79 Å². The molecule has 0 N–H and O–H groups in total. The normalized spacial score (nSPS) is 15.2. The van der Waals surface area contributed by atoms with Crippen molar-refractivity contribution in [1.82, 2.24) is 24.6 Å². The van der Waals surface area contributed by atoms with Gasteiger partial charge < -0.3 is 4.90 Å². The van der Waals surface area contributed by atoms with E-state index in [2.05, 4.69) is 15.1 Å². The number of amides is 1. The second kappa shape index (κ2) is 5.17. The van der Waals surface area contributed by atoms with E-state index in [1.54, 1.807) is 23.4 Å². The predicted molar refractivity (Wildman–Crippen MR) is 68.7 cm³/mol. The lowest BCUT2D eigenvalue weighted by Crippen LogP contribution is -2.27. The van der Waals surface area contributed by atoms with E-state index in [4.69, 9.17) is 0 Å². The van der Waals surface area contributed by atoms with Crippen molar-refractivity contribution < 1.29 is 4.79 Å². The number of hydrogen-bond acceptors (Lipinski definition) is 4. The zero-order valence-electron chi connectivity index (χ0n) is 10.6. The molecule has 6 nitrogen and oxygen atoms in total. The summed E-state index contributed by atoms with van der Waals surface area (Å²) < 4.78 is 1.79. The molecule has 0 aromatic carbocycles. The Hall–Kier alpha value is -2.24. The average Bonchev–Trinajstić information content (AvgIpc) is 3.06. The first kappa shape index (κ1) is 11.8. The van der Waals surface area contributed by atoms with Gasteiger partial charge in [0.15, 0.2) is 0 Å². The zero-order chi connectivity index (χ0) is 13.1. The summed E-state index contributed by atoms with van der Waals surface area (Å²) in [5, 5.41) is 4.23. The third kappa shape index (κ3) is 2.47. The lowest BCUT2D eigenvalue weighted by molar-refractivity contribution is -0.127. The first-order chi connectivity index (χ1) is 9.34. The first-order valence-corrected chi connectivity index (χ1v) is 6.41. The monoisotopic (exact) mass is 257 g/mol. The van der Waals surface area contributed by atoms with E-state index in [0.29, 0.717) is 19.4 Å². The van der Waals surface area contributed by atoms with Crippen molar-refractivity contribution in [1.29, 1.82) is 0 Å². The molecule has 2 aromatic heterocycles. The predicted octanol–water partition coefficient (Wildman–Crippen LogP) is 0.827. The average molecular weight is 257 g/mol. The number of aromatic nitrogens is 4. The highest BCUT2D eigenvalue weighted by Crippen LogP contribution is 2.12. The van der Waals surface area contributed by atoms with Crippen LogP contribution in [0, 0.1) is 0 Å². The Labute approximate surface area is 111 Å². The number of likely N-dealkylation sites (tertiary alicyclic amines) is 1. The quantitative estimate of drug-likeness (QED) is 0.813. The van der Waals surface area contributed by atoms with Crippen molar-refractivity contribution in [3.8, 4) is 5.69 Å². The summed E-state index contributed by atoms with van der Waals surface area (Å²) in [6.07, 6.45) is 7.36. The number of nitrogens with zero attached hydrogens (tertiary/aromatic N) is 5. The van der Waals surface area contributed by atoms with Gasteiger partial charge in [0, 0.05) is 38.3 Å². The summed E-state index contributed by atoms with van der Waals surface area (Å²) in [7, 11) is 0. The van der Waals surface area contributed by atoms with E-state index in [0.717, 1.165) is 24.5 Å². The maximum absolute atomic E-state index is 11.6. The van der Waals surface area contributed by atoms with E-state index in [-0.39, 0.29) is 5.91 Å². The van der Waals surface area contributed by atoms with Crippen LogP contribution in [-0.4, -0.2) is 43.6 Å². The Balaban J connectivity index is 1.72. The molecule has 3 rings (SSSR count). The van der Waals surface area contributed by atoms with Gasteiger partial charge in [-0.1, -0.05) is 0 Å². The Morgan fingerprint density at radius 2 is 2.11 bits per heavy atom. The van der Waals surface area contributed by atoms with Gasteiger partial charge in [-0.05, 0) is 18.6 Å². The van der Waals surface area contributed by atoms with Gasteiger partial charge >= 0.3 is 0 Å². The molecule has 0 spiro atoms. The number of pyridine rings is 1. The fraction of sp³-hybridized carbons (Fsp3) is 0.385. The van der Waals surface area contributed by atoms with Crippen LogP contribution in [0.1, 0.15) is 18.7 Å². The van der Waals surface area contributed by atoms with E-state index in [1.165, 1.54) is 0 Å². The molecule has 98 valence electrons. The minimum absolute atomic E-state index is 0.245. The van der Waals surface area contributed by atoms with Crippen LogP contribution in [0.3, 0.4) is 0 Å². The van der Waals surface area contributed by atoms with Crippen LogP contribution in [0.25, 0.3) is 5.69 Å². The van der Waals surface area contributed by atoms with Crippen LogP contribution >= 0.6 is 0 Å². The number of carbonyl (C=O) groups is 1. The molecule has 1 fully saturated rings. The Morgan fingerprint density at radius 3 is 2.84 bits per heavy atom. The van der Waals surface area contributed by atoms with Crippen LogP contribution in [0.4, 0.5) is 0 Å². The van der Waals surface area contributed by atoms with Crippen molar-refractivity contribution in [3.05, 3.63) is 36.7 Å². The van der Waals surface area contributed by atoms with Crippen molar-refractivity contribution >= 4 is 5.91 Å². The molecule has 0 aliphatic carbocycles. The second-order valence-corrected chi connectivity index (χ2v) is 4.53. The molecule has 0 unspecified atom stereocenters. The Kier molecular flexibility index (Phi) is 3.22. The Bertz CT molecular complexity index is 565. The highest BCUT2D eigenvalue weighted by Gasteiger charge is 2.20. The lowest BCUT2D eigenvalue weighted by atomic mass is 10.3. The number of rotatable bonds is 4. The molecule has 3 heterocycles. The largest absolute Gasteiger partial charge is 0.342 e.